The summed E-state index contributed by atoms with van der Waals surface area (Å²) in [7, 11) is 1.66. The molecule has 132 valence electrons. The number of aryl methyl sites for hydroxylation is 2. The number of methoxy groups -OCH3 is 1. The fourth-order valence-corrected chi connectivity index (χ4v) is 3.77. The zero-order valence-electron chi connectivity index (χ0n) is 15.3. The first-order valence-electron chi connectivity index (χ1n) is 8.89. The number of nitrogens with zero attached hydrogens (tertiary/aromatic N) is 2. The van der Waals surface area contributed by atoms with E-state index >= 15 is 0 Å². The van der Waals surface area contributed by atoms with Gasteiger partial charge in [-0.15, -0.1) is 0 Å². The number of benzene rings is 2. The second-order valence-corrected chi connectivity index (χ2v) is 6.96. The van der Waals surface area contributed by atoms with Gasteiger partial charge in [0.1, 0.15) is 5.75 Å². The highest BCUT2D eigenvalue weighted by molar-refractivity contribution is 6.00. The van der Waals surface area contributed by atoms with Crippen LogP contribution in [0, 0.1) is 13.8 Å². The highest BCUT2D eigenvalue weighted by atomic mass is 16.5. The third kappa shape index (κ3) is 2.81. The smallest absolute Gasteiger partial charge is 0.167 e. The van der Waals surface area contributed by atoms with E-state index in [1.165, 1.54) is 11.1 Å². The summed E-state index contributed by atoms with van der Waals surface area (Å²) in [5.74, 6) is 1.18. The van der Waals surface area contributed by atoms with Crippen LogP contribution in [0.1, 0.15) is 45.2 Å². The normalized spacial score (nSPS) is 16.4. The quantitative estimate of drug-likeness (QED) is 0.705. The van der Waals surface area contributed by atoms with Crippen molar-refractivity contribution in [3.8, 4) is 11.4 Å². The van der Waals surface area contributed by atoms with Crippen molar-refractivity contribution < 1.29 is 9.53 Å². The van der Waals surface area contributed by atoms with E-state index in [9.17, 15) is 4.79 Å². The third-order valence-electron chi connectivity index (χ3n) is 5.17. The molecule has 2 aromatic carbocycles. The molecule has 4 heteroatoms. The first-order valence-corrected chi connectivity index (χ1v) is 8.89. The first-order chi connectivity index (χ1) is 12.6. The van der Waals surface area contributed by atoms with E-state index in [2.05, 4.69) is 48.4 Å². The zero-order valence-corrected chi connectivity index (χ0v) is 15.3. The van der Waals surface area contributed by atoms with Gasteiger partial charge in [-0.05, 0) is 56.0 Å². The van der Waals surface area contributed by atoms with E-state index in [-0.39, 0.29) is 11.7 Å². The lowest BCUT2D eigenvalue weighted by Gasteiger charge is -2.23. The van der Waals surface area contributed by atoms with Crippen molar-refractivity contribution >= 4 is 5.78 Å². The molecular weight excluding hydrogens is 324 g/mol. The van der Waals surface area contributed by atoms with E-state index in [1.807, 2.05) is 23.7 Å². The van der Waals surface area contributed by atoms with Gasteiger partial charge < -0.3 is 4.74 Å². The number of carbonyl (C=O) groups is 1. The predicted molar refractivity (Wildman–Crippen MR) is 101 cm³/mol. The van der Waals surface area contributed by atoms with Crippen LogP contribution in [0.5, 0.6) is 5.75 Å². The summed E-state index contributed by atoms with van der Waals surface area (Å²) >= 11 is 0. The van der Waals surface area contributed by atoms with Crippen molar-refractivity contribution in [1.82, 2.24) is 9.78 Å². The minimum atomic E-state index is 0.168. The average Bonchev–Trinajstić information content (AvgIpc) is 2.99. The number of ether oxygens (including phenoxy) is 1. The molecule has 1 unspecified atom stereocenters. The number of fused-ring (bicyclic) bond motifs is 1. The lowest BCUT2D eigenvalue weighted by Crippen LogP contribution is -2.20. The molecule has 1 aliphatic rings. The van der Waals surface area contributed by atoms with Crippen LogP contribution in [-0.2, 0) is 6.42 Å². The van der Waals surface area contributed by atoms with Crippen LogP contribution in [0.15, 0.2) is 48.5 Å². The van der Waals surface area contributed by atoms with E-state index in [4.69, 9.17) is 4.74 Å². The fraction of sp³-hybridized carbons (Fsp3) is 0.273. The fourth-order valence-electron chi connectivity index (χ4n) is 3.77. The lowest BCUT2D eigenvalue weighted by atomic mass is 9.81. The topological polar surface area (TPSA) is 44.1 Å². The number of hydrogen-bond donors (Lipinski definition) is 0. The molecule has 3 aromatic rings. The van der Waals surface area contributed by atoms with Crippen molar-refractivity contribution in [2.24, 2.45) is 0 Å². The van der Waals surface area contributed by atoms with Crippen molar-refractivity contribution in [2.45, 2.75) is 32.6 Å². The minimum Gasteiger partial charge on any atom is -0.497 e. The Labute approximate surface area is 153 Å². The van der Waals surface area contributed by atoms with Gasteiger partial charge in [0.2, 0.25) is 0 Å². The third-order valence-corrected chi connectivity index (χ3v) is 5.17. The second kappa shape index (κ2) is 6.45. The number of ketones is 1. The van der Waals surface area contributed by atoms with Gasteiger partial charge in [0, 0.05) is 6.42 Å². The number of Topliss-reactive ketones (excluding diaryl/α,β-unsaturated/α-hetero) is 1. The van der Waals surface area contributed by atoms with Gasteiger partial charge in [-0.3, -0.25) is 4.79 Å². The van der Waals surface area contributed by atoms with Crippen molar-refractivity contribution in [2.75, 3.05) is 7.11 Å². The molecule has 0 amide bonds. The Morgan fingerprint density at radius 2 is 1.69 bits per heavy atom. The van der Waals surface area contributed by atoms with Crippen LogP contribution in [-0.4, -0.2) is 22.7 Å². The highest BCUT2D eigenvalue weighted by Gasteiger charge is 2.32. The maximum Gasteiger partial charge on any atom is 0.167 e. The number of aromatic nitrogens is 2. The Kier molecular flexibility index (Phi) is 4.11. The Morgan fingerprint density at radius 3 is 2.35 bits per heavy atom. The monoisotopic (exact) mass is 346 g/mol. The summed E-state index contributed by atoms with van der Waals surface area (Å²) < 4.78 is 7.18. The Morgan fingerprint density at radius 1 is 1.00 bits per heavy atom. The summed E-state index contributed by atoms with van der Waals surface area (Å²) in [6, 6.07) is 16.3. The van der Waals surface area contributed by atoms with E-state index in [0.29, 0.717) is 6.42 Å². The van der Waals surface area contributed by atoms with Crippen LogP contribution in [0.25, 0.3) is 5.69 Å². The molecule has 0 spiro atoms. The average molecular weight is 346 g/mol. The summed E-state index contributed by atoms with van der Waals surface area (Å²) in [6.45, 7) is 3.99. The molecule has 0 bridgehead atoms. The highest BCUT2D eigenvalue weighted by Crippen LogP contribution is 2.35. The molecule has 1 aliphatic carbocycles. The summed E-state index contributed by atoms with van der Waals surface area (Å²) in [5, 5.41) is 4.67. The van der Waals surface area contributed by atoms with Crippen LogP contribution < -0.4 is 4.74 Å². The van der Waals surface area contributed by atoms with Gasteiger partial charge in [0.15, 0.2) is 5.78 Å². The maximum absolute atomic E-state index is 12.8. The standard InChI is InChI=1S/C22H22N2O2/c1-14-4-8-18(9-5-14)24-20-12-17(13-21(25)22(20)15(2)23-24)16-6-10-19(26-3)11-7-16/h4-11,17H,12-13H2,1-3H3. The van der Waals surface area contributed by atoms with Gasteiger partial charge in [-0.25, -0.2) is 4.68 Å². The molecule has 1 aromatic heterocycles. The molecule has 1 atom stereocenters. The molecule has 0 saturated heterocycles. The first kappa shape index (κ1) is 16.6. The van der Waals surface area contributed by atoms with Gasteiger partial charge in [-0.2, -0.15) is 5.10 Å². The number of rotatable bonds is 3. The molecule has 0 fully saturated rings. The second-order valence-electron chi connectivity index (χ2n) is 6.96. The SMILES string of the molecule is COc1ccc(C2CC(=O)c3c(C)nn(-c4ccc(C)cc4)c3C2)cc1. The van der Waals surface area contributed by atoms with Crippen molar-refractivity contribution in [3.05, 3.63) is 76.6 Å². The van der Waals surface area contributed by atoms with E-state index in [0.717, 1.165) is 34.8 Å². The summed E-state index contributed by atoms with van der Waals surface area (Å²) in [4.78, 5) is 12.8. The molecule has 4 rings (SSSR count). The Hall–Kier alpha value is -2.88. The number of carbonyl (C=O) groups excluding carboxylic acids is 1. The van der Waals surface area contributed by atoms with E-state index < -0.39 is 0 Å². The van der Waals surface area contributed by atoms with Crippen molar-refractivity contribution in [1.29, 1.82) is 0 Å². The van der Waals surface area contributed by atoms with Crippen molar-refractivity contribution in [3.63, 3.8) is 0 Å². The number of hydrogen-bond acceptors (Lipinski definition) is 3. The Balaban J connectivity index is 1.74. The summed E-state index contributed by atoms with van der Waals surface area (Å²) in [5.41, 5.74) is 6.01. The lowest BCUT2D eigenvalue weighted by molar-refractivity contribution is 0.0963. The molecule has 0 aliphatic heterocycles. The van der Waals surface area contributed by atoms with Gasteiger partial charge in [-0.1, -0.05) is 29.8 Å². The molecule has 26 heavy (non-hydrogen) atoms. The molecule has 0 N–H and O–H groups in total. The van der Waals surface area contributed by atoms with Gasteiger partial charge in [0.05, 0.1) is 29.7 Å². The van der Waals surface area contributed by atoms with Crippen LogP contribution in [0.4, 0.5) is 0 Å². The van der Waals surface area contributed by atoms with Gasteiger partial charge in [0.25, 0.3) is 0 Å². The molecule has 4 nitrogen and oxygen atoms in total. The van der Waals surface area contributed by atoms with Crippen LogP contribution in [0.3, 0.4) is 0 Å². The molecule has 1 heterocycles. The summed E-state index contributed by atoms with van der Waals surface area (Å²) in [6.07, 6.45) is 1.34. The van der Waals surface area contributed by atoms with Gasteiger partial charge >= 0.3 is 0 Å². The molecule has 0 saturated carbocycles. The van der Waals surface area contributed by atoms with Crippen LogP contribution >= 0.6 is 0 Å². The molecular formula is C22H22N2O2. The predicted octanol–water partition coefficient (Wildman–Crippen LogP) is 4.41. The Bertz CT molecular complexity index is 953. The largest absolute Gasteiger partial charge is 0.497 e. The molecule has 0 radical (unpaired) electrons. The van der Waals surface area contributed by atoms with Crippen LogP contribution in [0.2, 0.25) is 0 Å². The van der Waals surface area contributed by atoms with E-state index in [1.54, 1.807) is 7.11 Å². The minimum absolute atomic E-state index is 0.168. The zero-order chi connectivity index (χ0) is 18.3. The maximum atomic E-state index is 12.8.